The maximum absolute atomic E-state index is 10.2. The van der Waals surface area contributed by atoms with Crippen LogP contribution >= 0.6 is 0 Å². The summed E-state index contributed by atoms with van der Waals surface area (Å²) >= 11 is 0. The Balaban J connectivity index is 4.64. The lowest BCUT2D eigenvalue weighted by atomic mass is 9.82. The fraction of sp³-hybridized carbons (Fsp3) is 1.00. The van der Waals surface area contributed by atoms with Crippen LogP contribution in [0.5, 0.6) is 0 Å². The zero-order chi connectivity index (χ0) is 18.7. The van der Waals surface area contributed by atoms with E-state index >= 15 is 0 Å². The Morgan fingerprint density at radius 2 is 1.08 bits per heavy atom. The van der Waals surface area contributed by atoms with E-state index in [0.29, 0.717) is 0 Å². The molecule has 2 heteroatoms. The van der Waals surface area contributed by atoms with Crippen LogP contribution in [0.25, 0.3) is 0 Å². The fourth-order valence-corrected chi connectivity index (χ4v) is 4.25. The number of unbranched alkanes of at least 4 members (excludes halogenated alkanes) is 7. The van der Waals surface area contributed by atoms with Crippen LogP contribution in [0.2, 0.25) is 0 Å². The molecule has 0 bridgehead atoms. The lowest BCUT2D eigenvalue weighted by molar-refractivity contribution is 0.0346. The van der Waals surface area contributed by atoms with Gasteiger partial charge in [0.1, 0.15) is 0 Å². The maximum atomic E-state index is 10.2. The van der Waals surface area contributed by atoms with Crippen LogP contribution in [0, 0.1) is 0 Å². The lowest BCUT2D eigenvalue weighted by Crippen LogP contribution is -2.56. The molecule has 0 amide bonds. The Bertz CT molecular complexity index is 306. The normalized spacial score (nSPS) is 15.5. The molecule has 0 aliphatic carbocycles. The Hall–Kier alpha value is -0.0800. The molecule has 0 saturated heterocycles. The summed E-state index contributed by atoms with van der Waals surface area (Å²) in [5, 5.41) is 14.2. The van der Waals surface area contributed by atoms with Crippen molar-refractivity contribution in [3.63, 3.8) is 0 Å². The second-order valence-corrected chi connectivity index (χ2v) is 9.53. The predicted octanol–water partition coefficient (Wildman–Crippen LogP) is 6.61. The van der Waals surface area contributed by atoms with E-state index in [1.54, 1.807) is 0 Å². The predicted molar refractivity (Wildman–Crippen MR) is 109 cm³/mol. The molecule has 0 fully saturated rings. The third-order valence-electron chi connectivity index (χ3n) is 4.93. The molecule has 2 N–H and O–H groups in total. The van der Waals surface area contributed by atoms with Crippen LogP contribution in [0.15, 0.2) is 0 Å². The van der Waals surface area contributed by atoms with Gasteiger partial charge >= 0.3 is 0 Å². The molecule has 0 aromatic heterocycles. The van der Waals surface area contributed by atoms with Gasteiger partial charge in [0, 0.05) is 11.1 Å². The van der Waals surface area contributed by atoms with Gasteiger partial charge in [-0.25, -0.2) is 0 Å². The number of hydrogen-bond acceptors (Lipinski definition) is 2. The van der Waals surface area contributed by atoms with Crippen molar-refractivity contribution in [3.8, 4) is 0 Å². The SMILES string of the molecule is CCCCCCCC(C)(CCCCCC)NC(C)(C)CC(C)(C)O. The molecular weight excluding hydrogens is 294 g/mol. The number of aliphatic hydroxyl groups is 1. The van der Waals surface area contributed by atoms with Crippen LogP contribution in [0.1, 0.15) is 126 Å². The van der Waals surface area contributed by atoms with Crippen molar-refractivity contribution in [2.24, 2.45) is 0 Å². The molecule has 24 heavy (non-hydrogen) atoms. The first-order chi connectivity index (χ1) is 11.0. The van der Waals surface area contributed by atoms with E-state index in [9.17, 15) is 5.11 Å². The van der Waals surface area contributed by atoms with Gasteiger partial charge in [-0.2, -0.15) is 0 Å². The Morgan fingerprint density at radius 1 is 0.667 bits per heavy atom. The van der Waals surface area contributed by atoms with Crippen molar-refractivity contribution in [1.82, 2.24) is 5.32 Å². The maximum Gasteiger partial charge on any atom is 0.0609 e. The first-order valence-corrected chi connectivity index (χ1v) is 10.6. The zero-order valence-electron chi connectivity index (χ0n) is 17.9. The van der Waals surface area contributed by atoms with Gasteiger partial charge in [0.2, 0.25) is 0 Å². The van der Waals surface area contributed by atoms with Crippen molar-refractivity contribution < 1.29 is 5.11 Å². The molecule has 0 aliphatic rings. The quantitative estimate of drug-likeness (QED) is 0.329. The molecule has 0 saturated carbocycles. The Labute approximate surface area is 153 Å². The minimum absolute atomic E-state index is 0.0405. The van der Waals surface area contributed by atoms with E-state index in [1.165, 1.54) is 70.6 Å². The first kappa shape index (κ1) is 23.9. The van der Waals surface area contributed by atoms with Gasteiger partial charge in [0.05, 0.1) is 5.60 Å². The number of hydrogen-bond donors (Lipinski definition) is 2. The van der Waals surface area contributed by atoms with E-state index in [4.69, 9.17) is 0 Å². The van der Waals surface area contributed by atoms with E-state index in [2.05, 4.69) is 39.9 Å². The minimum atomic E-state index is -0.624. The van der Waals surface area contributed by atoms with E-state index in [-0.39, 0.29) is 11.1 Å². The minimum Gasteiger partial charge on any atom is -0.390 e. The molecule has 0 rings (SSSR count). The molecule has 0 aliphatic heterocycles. The van der Waals surface area contributed by atoms with Crippen molar-refractivity contribution in [3.05, 3.63) is 0 Å². The fourth-order valence-electron chi connectivity index (χ4n) is 4.25. The highest BCUT2D eigenvalue weighted by Gasteiger charge is 2.34. The Kier molecular flexibility index (Phi) is 11.5. The standard InChI is InChI=1S/C22H47NO/c1-8-10-12-14-16-18-22(7,17-15-13-11-9-2)23-20(3,4)19-21(5,6)24/h23-24H,8-19H2,1-7H3. The monoisotopic (exact) mass is 341 g/mol. The van der Waals surface area contributed by atoms with E-state index in [0.717, 1.165) is 6.42 Å². The summed E-state index contributed by atoms with van der Waals surface area (Å²) in [7, 11) is 0. The van der Waals surface area contributed by atoms with Crippen molar-refractivity contribution >= 4 is 0 Å². The van der Waals surface area contributed by atoms with Gasteiger partial charge in [0.15, 0.2) is 0 Å². The average Bonchev–Trinajstić information content (AvgIpc) is 2.40. The van der Waals surface area contributed by atoms with Crippen LogP contribution in [0.3, 0.4) is 0 Å². The second kappa shape index (κ2) is 11.5. The number of nitrogens with one attached hydrogen (secondary N) is 1. The topological polar surface area (TPSA) is 32.3 Å². The van der Waals surface area contributed by atoms with Crippen molar-refractivity contribution in [1.29, 1.82) is 0 Å². The van der Waals surface area contributed by atoms with Gasteiger partial charge in [-0.3, -0.25) is 0 Å². The third kappa shape index (κ3) is 13.2. The summed E-state index contributed by atoms with van der Waals surface area (Å²) in [6.07, 6.45) is 15.3. The smallest absolute Gasteiger partial charge is 0.0609 e. The highest BCUT2D eigenvalue weighted by Crippen LogP contribution is 2.29. The van der Waals surface area contributed by atoms with Crippen molar-refractivity contribution in [2.45, 2.75) is 142 Å². The van der Waals surface area contributed by atoms with Crippen LogP contribution in [0.4, 0.5) is 0 Å². The largest absolute Gasteiger partial charge is 0.390 e. The number of rotatable bonds is 15. The average molecular weight is 342 g/mol. The highest BCUT2D eigenvalue weighted by molar-refractivity contribution is 4.94. The molecule has 0 aromatic carbocycles. The van der Waals surface area contributed by atoms with Gasteiger partial charge in [-0.1, -0.05) is 71.6 Å². The van der Waals surface area contributed by atoms with Crippen molar-refractivity contribution in [2.75, 3.05) is 0 Å². The summed E-state index contributed by atoms with van der Waals surface area (Å²) in [6, 6.07) is 0. The summed E-state index contributed by atoms with van der Waals surface area (Å²) in [4.78, 5) is 0. The summed E-state index contributed by atoms with van der Waals surface area (Å²) in [5.41, 5.74) is -0.476. The van der Waals surface area contributed by atoms with Crippen LogP contribution < -0.4 is 5.32 Å². The molecule has 0 heterocycles. The van der Waals surface area contributed by atoms with E-state index in [1.807, 2.05) is 13.8 Å². The van der Waals surface area contributed by atoms with Gasteiger partial charge in [-0.05, 0) is 53.9 Å². The molecule has 146 valence electrons. The molecule has 1 atom stereocenters. The molecule has 0 aromatic rings. The van der Waals surface area contributed by atoms with E-state index < -0.39 is 5.60 Å². The third-order valence-corrected chi connectivity index (χ3v) is 4.93. The van der Waals surface area contributed by atoms with Gasteiger partial charge < -0.3 is 10.4 Å². The second-order valence-electron chi connectivity index (χ2n) is 9.53. The summed E-state index contributed by atoms with van der Waals surface area (Å²) in [6.45, 7) is 15.3. The molecular formula is C22H47NO. The van der Waals surface area contributed by atoms with Gasteiger partial charge in [0.25, 0.3) is 0 Å². The highest BCUT2D eigenvalue weighted by atomic mass is 16.3. The lowest BCUT2D eigenvalue weighted by Gasteiger charge is -2.42. The van der Waals surface area contributed by atoms with Gasteiger partial charge in [-0.15, -0.1) is 0 Å². The molecule has 1 unspecified atom stereocenters. The van der Waals surface area contributed by atoms with Crippen LogP contribution in [-0.2, 0) is 0 Å². The first-order valence-electron chi connectivity index (χ1n) is 10.6. The Morgan fingerprint density at radius 3 is 1.50 bits per heavy atom. The zero-order valence-corrected chi connectivity index (χ0v) is 17.9. The van der Waals surface area contributed by atoms with Crippen LogP contribution in [-0.4, -0.2) is 21.8 Å². The summed E-state index contributed by atoms with van der Waals surface area (Å²) < 4.78 is 0. The molecule has 0 radical (unpaired) electrons. The summed E-state index contributed by atoms with van der Waals surface area (Å²) in [5.74, 6) is 0. The molecule has 2 nitrogen and oxygen atoms in total. The molecule has 0 spiro atoms.